The molecule has 1 aromatic carbocycles. The molecule has 29 heavy (non-hydrogen) atoms. The summed E-state index contributed by atoms with van der Waals surface area (Å²) in [7, 11) is 5.55. The summed E-state index contributed by atoms with van der Waals surface area (Å²) in [6, 6.07) is 5.66. The molecule has 0 atom stereocenters. The van der Waals surface area contributed by atoms with E-state index >= 15 is 0 Å². The number of urea groups is 1. The minimum atomic E-state index is -0.334. The molecule has 1 aromatic rings. The summed E-state index contributed by atoms with van der Waals surface area (Å²) in [5.41, 5.74) is 2.36. The van der Waals surface area contributed by atoms with Crippen LogP contribution in [0.3, 0.4) is 0 Å². The van der Waals surface area contributed by atoms with Crippen LogP contribution in [0.4, 0.5) is 16.2 Å². The van der Waals surface area contributed by atoms with E-state index < -0.39 is 0 Å². The van der Waals surface area contributed by atoms with Gasteiger partial charge in [-0.05, 0) is 50.5 Å². The summed E-state index contributed by atoms with van der Waals surface area (Å²) in [6.45, 7) is 11.2. The number of amides is 3. The highest BCUT2D eigenvalue weighted by molar-refractivity contribution is 5.91. The molecule has 0 unspecified atom stereocenters. The second-order valence-electron chi connectivity index (χ2n) is 8.98. The number of methoxy groups -OCH3 is 1. The second-order valence-corrected chi connectivity index (χ2v) is 8.98. The van der Waals surface area contributed by atoms with Crippen molar-refractivity contribution in [3.63, 3.8) is 0 Å². The second kappa shape index (κ2) is 11.0. The van der Waals surface area contributed by atoms with Gasteiger partial charge in [-0.15, -0.1) is 0 Å². The molecule has 0 aliphatic carbocycles. The molecule has 0 aliphatic rings. The molecular formula is C22H38N4O3. The number of rotatable bonds is 9. The largest absolute Gasteiger partial charge is 0.383 e. The maximum Gasteiger partial charge on any atom is 0.318 e. The number of hydrogen-bond donors (Lipinski definition) is 2. The van der Waals surface area contributed by atoms with Crippen molar-refractivity contribution in [2.75, 3.05) is 44.6 Å². The van der Waals surface area contributed by atoms with Crippen molar-refractivity contribution in [1.82, 2.24) is 10.2 Å². The zero-order chi connectivity index (χ0) is 22.2. The lowest BCUT2D eigenvalue weighted by molar-refractivity contribution is -0.116. The van der Waals surface area contributed by atoms with Gasteiger partial charge in [0.1, 0.15) is 0 Å². The molecule has 1 rings (SSSR count). The number of ether oxygens (including phenoxy) is 1. The summed E-state index contributed by atoms with van der Waals surface area (Å²) in [6.07, 6.45) is 0.471. The van der Waals surface area contributed by atoms with E-state index in [0.29, 0.717) is 32.0 Å². The number of nitrogens with zero attached hydrogens (tertiary/aromatic N) is 2. The van der Waals surface area contributed by atoms with Gasteiger partial charge >= 0.3 is 6.03 Å². The van der Waals surface area contributed by atoms with Gasteiger partial charge in [-0.3, -0.25) is 4.79 Å². The number of anilines is 2. The molecule has 0 aromatic heterocycles. The maximum atomic E-state index is 12.8. The van der Waals surface area contributed by atoms with Gasteiger partial charge in [-0.1, -0.05) is 13.8 Å². The van der Waals surface area contributed by atoms with E-state index in [0.717, 1.165) is 16.9 Å². The molecule has 0 spiro atoms. The van der Waals surface area contributed by atoms with Crippen molar-refractivity contribution in [3.05, 3.63) is 23.8 Å². The van der Waals surface area contributed by atoms with E-state index in [-0.39, 0.29) is 17.5 Å². The number of benzene rings is 1. The van der Waals surface area contributed by atoms with Crippen LogP contribution in [0, 0.1) is 5.92 Å². The molecule has 3 amide bonds. The molecule has 0 radical (unpaired) electrons. The fourth-order valence-electron chi connectivity index (χ4n) is 2.87. The third kappa shape index (κ3) is 9.17. The minimum Gasteiger partial charge on any atom is -0.383 e. The Kier molecular flexibility index (Phi) is 9.43. The predicted molar refractivity (Wildman–Crippen MR) is 119 cm³/mol. The van der Waals surface area contributed by atoms with Crippen LogP contribution in [0.25, 0.3) is 0 Å². The van der Waals surface area contributed by atoms with Crippen LogP contribution in [0.5, 0.6) is 0 Å². The average molecular weight is 407 g/mol. The number of carbonyl (C=O) groups is 2. The molecule has 0 saturated heterocycles. The number of nitrogens with one attached hydrogen (secondary N) is 2. The Morgan fingerprint density at radius 2 is 1.83 bits per heavy atom. The quantitative estimate of drug-likeness (QED) is 0.656. The molecule has 7 nitrogen and oxygen atoms in total. The highest BCUT2D eigenvalue weighted by Gasteiger charge is 2.21. The van der Waals surface area contributed by atoms with Gasteiger partial charge in [0.15, 0.2) is 0 Å². The third-order valence-electron chi connectivity index (χ3n) is 4.13. The van der Waals surface area contributed by atoms with Crippen LogP contribution in [-0.4, -0.2) is 56.7 Å². The van der Waals surface area contributed by atoms with Gasteiger partial charge < -0.3 is 25.2 Å². The molecule has 164 valence electrons. The van der Waals surface area contributed by atoms with Crippen molar-refractivity contribution in [2.24, 2.45) is 5.92 Å². The van der Waals surface area contributed by atoms with Gasteiger partial charge in [-0.25, -0.2) is 4.79 Å². The monoisotopic (exact) mass is 406 g/mol. The van der Waals surface area contributed by atoms with Gasteiger partial charge in [0.25, 0.3) is 0 Å². The summed E-state index contributed by atoms with van der Waals surface area (Å²) >= 11 is 0. The molecule has 0 heterocycles. The van der Waals surface area contributed by atoms with Crippen molar-refractivity contribution < 1.29 is 14.3 Å². The van der Waals surface area contributed by atoms with Gasteiger partial charge in [0.2, 0.25) is 5.91 Å². The van der Waals surface area contributed by atoms with Crippen molar-refractivity contribution in [2.45, 2.75) is 53.1 Å². The number of hydrogen-bond acceptors (Lipinski definition) is 4. The Labute approximate surface area is 175 Å². The third-order valence-corrected chi connectivity index (χ3v) is 4.13. The van der Waals surface area contributed by atoms with E-state index in [1.807, 2.05) is 71.8 Å². The fraction of sp³-hybridized carbons (Fsp3) is 0.636. The summed E-state index contributed by atoms with van der Waals surface area (Å²) < 4.78 is 5.19. The van der Waals surface area contributed by atoms with E-state index in [4.69, 9.17) is 4.74 Å². The highest BCUT2D eigenvalue weighted by atomic mass is 16.5. The lowest BCUT2D eigenvalue weighted by Gasteiger charge is -2.30. The van der Waals surface area contributed by atoms with Crippen LogP contribution >= 0.6 is 0 Å². The topological polar surface area (TPSA) is 73.9 Å². The van der Waals surface area contributed by atoms with Crippen LogP contribution in [0.15, 0.2) is 18.2 Å². The van der Waals surface area contributed by atoms with Gasteiger partial charge in [-0.2, -0.15) is 0 Å². The van der Waals surface area contributed by atoms with Crippen LogP contribution in [0.2, 0.25) is 0 Å². The zero-order valence-electron chi connectivity index (χ0n) is 19.3. The molecule has 2 N–H and O–H groups in total. The van der Waals surface area contributed by atoms with Crippen LogP contribution in [0.1, 0.15) is 46.6 Å². The first-order valence-electron chi connectivity index (χ1n) is 10.1. The lowest BCUT2D eigenvalue weighted by atomic mass is 10.1. The highest BCUT2D eigenvalue weighted by Crippen LogP contribution is 2.25. The maximum absolute atomic E-state index is 12.8. The Bertz CT molecular complexity index is 681. The lowest BCUT2D eigenvalue weighted by Crippen LogP contribution is -2.49. The first-order chi connectivity index (χ1) is 13.4. The first-order valence-corrected chi connectivity index (χ1v) is 10.1. The van der Waals surface area contributed by atoms with Crippen LogP contribution in [-0.2, 0) is 16.1 Å². The van der Waals surface area contributed by atoms with Crippen molar-refractivity contribution in [1.29, 1.82) is 0 Å². The fourth-order valence-corrected chi connectivity index (χ4v) is 2.87. The van der Waals surface area contributed by atoms with E-state index in [1.165, 1.54) is 0 Å². The Balaban J connectivity index is 3.12. The summed E-state index contributed by atoms with van der Waals surface area (Å²) in [5, 5.41) is 5.98. The van der Waals surface area contributed by atoms with Gasteiger partial charge in [0.05, 0.1) is 6.61 Å². The first kappa shape index (κ1) is 24.8. The standard InChI is InChI=1S/C22H38N4O3/c1-16(2)13-20(27)23-18-9-10-19(25(6)7)17(14-18)15-26(11-12-29-8)21(28)24-22(3,4)5/h9-10,14,16H,11-13,15H2,1-8H3,(H,23,27)(H,24,28). The minimum absolute atomic E-state index is 0.00901. The Morgan fingerprint density at radius 3 is 2.34 bits per heavy atom. The molecule has 0 fully saturated rings. The molecular weight excluding hydrogens is 368 g/mol. The number of carbonyl (C=O) groups excluding carboxylic acids is 2. The van der Waals surface area contributed by atoms with Gasteiger partial charge in [0, 0.05) is 57.6 Å². The smallest absolute Gasteiger partial charge is 0.318 e. The predicted octanol–water partition coefficient (Wildman–Crippen LogP) is 3.69. The Morgan fingerprint density at radius 1 is 1.17 bits per heavy atom. The zero-order valence-corrected chi connectivity index (χ0v) is 19.3. The van der Waals surface area contributed by atoms with E-state index in [9.17, 15) is 9.59 Å². The summed E-state index contributed by atoms with van der Waals surface area (Å²) in [4.78, 5) is 28.7. The average Bonchev–Trinajstić information content (AvgIpc) is 2.56. The normalized spacial score (nSPS) is 11.3. The van der Waals surface area contributed by atoms with E-state index in [1.54, 1.807) is 12.0 Å². The SMILES string of the molecule is COCCN(Cc1cc(NC(=O)CC(C)C)ccc1N(C)C)C(=O)NC(C)(C)C. The van der Waals surface area contributed by atoms with E-state index in [2.05, 4.69) is 10.6 Å². The summed E-state index contributed by atoms with van der Waals surface area (Å²) in [5.74, 6) is 0.284. The van der Waals surface area contributed by atoms with Crippen molar-refractivity contribution in [3.8, 4) is 0 Å². The molecule has 0 saturated carbocycles. The van der Waals surface area contributed by atoms with Crippen molar-refractivity contribution >= 4 is 23.3 Å². The molecule has 0 bridgehead atoms. The Hall–Kier alpha value is -2.28. The van der Waals surface area contributed by atoms with Crippen LogP contribution < -0.4 is 15.5 Å². The molecule has 0 aliphatic heterocycles. The molecule has 7 heteroatoms.